The molecule has 2 N–H and O–H groups in total. The van der Waals surface area contributed by atoms with Crippen LogP contribution in [0.5, 0.6) is 0 Å². The number of hydrogen-bond donors (Lipinski definition) is 2. The zero-order valence-electron chi connectivity index (χ0n) is 12.4. The van der Waals surface area contributed by atoms with Crippen molar-refractivity contribution in [2.45, 2.75) is 25.0 Å². The molecule has 0 bridgehead atoms. The summed E-state index contributed by atoms with van der Waals surface area (Å²) in [7, 11) is 0. The summed E-state index contributed by atoms with van der Waals surface area (Å²) in [4.78, 5) is 7.47. The number of aromatic nitrogens is 2. The largest absolute Gasteiger partial charge is 0.358 e. The van der Waals surface area contributed by atoms with Gasteiger partial charge in [-0.05, 0) is 40.9 Å². The first kappa shape index (κ1) is 16.9. The van der Waals surface area contributed by atoms with Crippen molar-refractivity contribution in [3.05, 3.63) is 39.6 Å². The van der Waals surface area contributed by atoms with Crippen molar-refractivity contribution in [1.29, 1.82) is 5.26 Å². The van der Waals surface area contributed by atoms with Crippen molar-refractivity contribution < 1.29 is 0 Å². The fourth-order valence-corrected chi connectivity index (χ4v) is 4.58. The number of para-hydroxylation sites is 1. The predicted octanol–water partition coefficient (Wildman–Crippen LogP) is 5.71. The lowest BCUT2D eigenvalue weighted by molar-refractivity contribution is 1.19. The number of H-pyrrole nitrogens is 1. The van der Waals surface area contributed by atoms with Crippen molar-refractivity contribution in [3.63, 3.8) is 0 Å². The summed E-state index contributed by atoms with van der Waals surface area (Å²) in [6, 6.07) is 8.05. The van der Waals surface area contributed by atoms with Crippen molar-refractivity contribution in [3.8, 4) is 6.07 Å². The van der Waals surface area contributed by atoms with Crippen LogP contribution < -0.4 is 4.72 Å². The van der Waals surface area contributed by atoms with E-state index in [1.165, 1.54) is 11.9 Å². The molecule has 3 aromatic rings. The minimum atomic E-state index is 0.658. The van der Waals surface area contributed by atoms with Gasteiger partial charge in [-0.25, -0.2) is 4.98 Å². The number of aryl methyl sites for hydroxylation is 1. The first-order valence-electron chi connectivity index (χ1n) is 6.75. The second kappa shape index (κ2) is 7.68. The highest BCUT2D eigenvalue weighted by Gasteiger charge is 2.10. The van der Waals surface area contributed by atoms with E-state index in [1.54, 1.807) is 17.5 Å². The van der Waals surface area contributed by atoms with Crippen molar-refractivity contribution >= 4 is 55.8 Å². The molecule has 0 fully saturated rings. The first-order valence-corrected chi connectivity index (χ1v) is 9.17. The Labute approximate surface area is 146 Å². The van der Waals surface area contributed by atoms with E-state index >= 15 is 0 Å². The van der Waals surface area contributed by atoms with Gasteiger partial charge in [0, 0.05) is 11.6 Å². The molecule has 0 radical (unpaired) electrons. The molecule has 22 heavy (non-hydrogen) atoms. The molecule has 0 saturated heterocycles. The normalized spacial score (nSPS) is 9.95. The minimum absolute atomic E-state index is 0.658. The molecular formula is C15H15BrN4S2. The summed E-state index contributed by atoms with van der Waals surface area (Å²) >= 11 is 6.50. The van der Waals surface area contributed by atoms with Gasteiger partial charge in [0.05, 0.1) is 22.5 Å². The number of nitrogens with one attached hydrogen (secondary N) is 2. The maximum absolute atomic E-state index is 9.06. The van der Waals surface area contributed by atoms with Gasteiger partial charge in [0.25, 0.3) is 0 Å². The zero-order valence-corrected chi connectivity index (χ0v) is 15.6. The summed E-state index contributed by atoms with van der Waals surface area (Å²) in [5, 5.41) is 9.99. The Bertz CT molecular complexity index is 817. The van der Waals surface area contributed by atoms with Gasteiger partial charge >= 0.3 is 0 Å². The summed E-state index contributed by atoms with van der Waals surface area (Å²) < 4.78 is 5.31. The van der Waals surface area contributed by atoms with Gasteiger partial charge in [-0.1, -0.05) is 37.3 Å². The highest BCUT2D eigenvalue weighted by molar-refractivity contribution is 9.11. The van der Waals surface area contributed by atoms with Gasteiger partial charge in [-0.2, -0.15) is 5.26 Å². The molecule has 0 atom stereocenters. The molecule has 0 saturated carbocycles. The van der Waals surface area contributed by atoms with E-state index in [9.17, 15) is 0 Å². The Morgan fingerprint density at radius 3 is 2.82 bits per heavy atom. The van der Waals surface area contributed by atoms with E-state index in [0.29, 0.717) is 5.56 Å². The summed E-state index contributed by atoms with van der Waals surface area (Å²) in [6.07, 6.45) is 1.73. The average Bonchev–Trinajstić information content (AvgIpc) is 3.10. The molecule has 4 nitrogen and oxygen atoms in total. The number of fused-ring (bicyclic) bond motifs is 1. The Hall–Kier alpha value is -1.49. The molecule has 0 aliphatic rings. The van der Waals surface area contributed by atoms with Crippen LogP contribution in [0, 0.1) is 18.3 Å². The molecule has 2 heterocycles. The number of thiazole rings is 1. The minimum Gasteiger partial charge on any atom is -0.358 e. The topological polar surface area (TPSA) is 64.5 Å². The molecule has 0 aliphatic carbocycles. The molecule has 0 amide bonds. The summed E-state index contributed by atoms with van der Waals surface area (Å²) in [6.45, 7) is 5.98. The second-order valence-corrected chi connectivity index (χ2v) is 7.44. The van der Waals surface area contributed by atoms with Crippen LogP contribution in [0.25, 0.3) is 10.9 Å². The highest BCUT2D eigenvalue weighted by Crippen LogP contribution is 2.34. The van der Waals surface area contributed by atoms with Gasteiger partial charge in [0.2, 0.25) is 0 Å². The second-order valence-electron chi connectivity index (χ2n) is 4.09. The van der Waals surface area contributed by atoms with Gasteiger partial charge in [0.15, 0.2) is 3.92 Å². The first-order chi connectivity index (χ1) is 10.7. The van der Waals surface area contributed by atoms with E-state index in [0.717, 1.165) is 30.4 Å². The number of aromatic amines is 1. The molecule has 7 heteroatoms. The van der Waals surface area contributed by atoms with E-state index < -0.39 is 0 Å². The average molecular weight is 395 g/mol. The third kappa shape index (κ3) is 3.46. The number of rotatable bonds is 3. The Morgan fingerprint density at radius 2 is 2.18 bits per heavy atom. The lowest BCUT2D eigenvalue weighted by Crippen LogP contribution is -1.88. The molecule has 114 valence electrons. The zero-order chi connectivity index (χ0) is 16.1. The maximum atomic E-state index is 9.06. The van der Waals surface area contributed by atoms with Crippen LogP contribution >= 0.6 is 39.2 Å². The van der Waals surface area contributed by atoms with Crippen molar-refractivity contribution in [2.75, 3.05) is 4.72 Å². The standard InChI is InChI=1S/C13H9BrN4S2.C2H6/c1-7-12(19-13(14)17-7)20-18-10-4-2-3-9-8(5-15)6-16-11(9)10;1-2/h2-4,6,16,18H,1H3;1-2H3. The van der Waals surface area contributed by atoms with Gasteiger partial charge in [-0.15, -0.1) is 0 Å². The van der Waals surface area contributed by atoms with Crippen molar-refractivity contribution in [1.82, 2.24) is 9.97 Å². The summed E-state index contributed by atoms with van der Waals surface area (Å²) in [5.41, 5.74) is 3.55. The highest BCUT2D eigenvalue weighted by atomic mass is 79.9. The molecule has 3 rings (SSSR count). The van der Waals surface area contributed by atoms with E-state index in [1.807, 2.05) is 39.0 Å². The molecule has 0 aliphatic heterocycles. The number of anilines is 1. The number of nitriles is 1. The summed E-state index contributed by atoms with van der Waals surface area (Å²) in [5.74, 6) is 0. The lowest BCUT2D eigenvalue weighted by atomic mass is 10.2. The van der Waals surface area contributed by atoms with Crippen LogP contribution in [0.15, 0.2) is 32.5 Å². The third-order valence-corrected chi connectivity index (χ3v) is 5.52. The van der Waals surface area contributed by atoms with Crippen molar-refractivity contribution in [2.24, 2.45) is 0 Å². The number of benzene rings is 1. The van der Waals surface area contributed by atoms with Gasteiger partial charge in [0.1, 0.15) is 10.3 Å². The molecule has 0 unspecified atom stereocenters. The maximum Gasteiger partial charge on any atom is 0.160 e. The van der Waals surface area contributed by atoms with E-state index in [-0.39, 0.29) is 0 Å². The van der Waals surface area contributed by atoms with Crippen LogP contribution in [-0.4, -0.2) is 9.97 Å². The molecule has 1 aromatic carbocycles. The van der Waals surface area contributed by atoms with Crippen LogP contribution in [-0.2, 0) is 0 Å². The quantitative estimate of drug-likeness (QED) is 0.558. The van der Waals surface area contributed by atoms with Crippen LogP contribution in [0.3, 0.4) is 0 Å². The number of nitrogens with zero attached hydrogens (tertiary/aromatic N) is 2. The SMILES string of the molecule is CC.Cc1nc(Br)sc1SNc1cccc2c(C#N)c[nH]c12. The van der Waals surface area contributed by atoms with Crippen LogP contribution in [0.4, 0.5) is 5.69 Å². The Kier molecular flexibility index (Phi) is 5.89. The third-order valence-electron chi connectivity index (χ3n) is 2.82. The molecule has 2 aromatic heterocycles. The monoisotopic (exact) mass is 394 g/mol. The molecular weight excluding hydrogens is 380 g/mol. The fourth-order valence-electron chi connectivity index (χ4n) is 1.88. The van der Waals surface area contributed by atoms with Crippen LogP contribution in [0.2, 0.25) is 0 Å². The number of halogens is 1. The Morgan fingerprint density at radius 1 is 1.41 bits per heavy atom. The fraction of sp³-hybridized carbons (Fsp3) is 0.200. The van der Waals surface area contributed by atoms with E-state index in [2.05, 4.69) is 36.7 Å². The van der Waals surface area contributed by atoms with E-state index in [4.69, 9.17) is 5.26 Å². The smallest absolute Gasteiger partial charge is 0.160 e. The van der Waals surface area contributed by atoms with Gasteiger partial charge in [-0.3, -0.25) is 0 Å². The van der Waals surface area contributed by atoms with Gasteiger partial charge < -0.3 is 9.71 Å². The predicted molar refractivity (Wildman–Crippen MR) is 98.4 cm³/mol. The van der Waals surface area contributed by atoms with Crippen LogP contribution in [0.1, 0.15) is 25.1 Å². The molecule has 0 spiro atoms. The Balaban J connectivity index is 0.000000847. The number of hydrogen-bond acceptors (Lipinski definition) is 5. The lowest BCUT2D eigenvalue weighted by Gasteiger charge is -2.05.